The van der Waals surface area contributed by atoms with E-state index in [0.29, 0.717) is 18.8 Å². The van der Waals surface area contributed by atoms with Crippen LogP contribution in [-0.2, 0) is 4.74 Å². The first kappa shape index (κ1) is 10.7. The molecule has 0 aromatic heterocycles. The first-order valence-corrected chi connectivity index (χ1v) is 4.76. The van der Waals surface area contributed by atoms with E-state index >= 15 is 0 Å². The van der Waals surface area contributed by atoms with Crippen molar-refractivity contribution in [3.8, 4) is 0 Å². The molecule has 1 aliphatic heterocycles. The standard InChI is InChI=1S/C10H18O3/c1-3-4-7(2)9-5-8(11)6-10(12)13-9/h3,7-12H,1,4-6H2,2H3/t7-,8-,9?,10?/m0/s1. The third-order valence-corrected chi connectivity index (χ3v) is 2.48. The zero-order valence-electron chi connectivity index (χ0n) is 8.02. The predicted octanol–water partition coefficient (Wildman–Crippen LogP) is 1.06. The van der Waals surface area contributed by atoms with Crippen molar-refractivity contribution in [1.82, 2.24) is 0 Å². The molecule has 76 valence electrons. The van der Waals surface area contributed by atoms with Gasteiger partial charge in [-0.1, -0.05) is 13.0 Å². The van der Waals surface area contributed by atoms with E-state index in [1.165, 1.54) is 0 Å². The largest absolute Gasteiger partial charge is 0.393 e. The minimum absolute atomic E-state index is 0.0447. The van der Waals surface area contributed by atoms with E-state index in [-0.39, 0.29) is 6.10 Å². The molecular formula is C10H18O3. The van der Waals surface area contributed by atoms with E-state index in [2.05, 4.69) is 6.58 Å². The van der Waals surface area contributed by atoms with Gasteiger partial charge in [0.05, 0.1) is 12.2 Å². The quantitative estimate of drug-likeness (QED) is 0.648. The van der Waals surface area contributed by atoms with E-state index in [1.807, 2.05) is 13.0 Å². The van der Waals surface area contributed by atoms with E-state index in [0.717, 1.165) is 6.42 Å². The highest BCUT2D eigenvalue weighted by Gasteiger charge is 2.29. The highest BCUT2D eigenvalue weighted by molar-refractivity contribution is 4.81. The summed E-state index contributed by atoms with van der Waals surface area (Å²) in [6, 6.07) is 0. The lowest BCUT2D eigenvalue weighted by molar-refractivity contribution is -0.200. The number of aliphatic hydroxyl groups is 2. The Morgan fingerprint density at radius 2 is 2.23 bits per heavy atom. The molecule has 0 aromatic rings. The molecule has 1 saturated heterocycles. The van der Waals surface area contributed by atoms with Crippen molar-refractivity contribution in [2.45, 2.75) is 44.7 Å². The molecule has 1 aliphatic rings. The average Bonchev–Trinajstić information content (AvgIpc) is 2.03. The molecule has 1 rings (SSSR count). The molecule has 1 heterocycles. The van der Waals surface area contributed by atoms with Gasteiger partial charge in [-0.2, -0.15) is 0 Å². The Morgan fingerprint density at radius 3 is 2.77 bits per heavy atom. The number of rotatable bonds is 3. The smallest absolute Gasteiger partial charge is 0.157 e. The number of ether oxygens (including phenoxy) is 1. The first-order valence-electron chi connectivity index (χ1n) is 4.76. The van der Waals surface area contributed by atoms with Gasteiger partial charge in [-0.25, -0.2) is 0 Å². The van der Waals surface area contributed by atoms with Crippen LogP contribution in [0.3, 0.4) is 0 Å². The van der Waals surface area contributed by atoms with Gasteiger partial charge in [0.1, 0.15) is 0 Å². The van der Waals surface area contributed by atoms with Crippen LogP contribution < -0.4 is 0 Å². The van der Waals surface area contributed by atoms with E-state index < -0.39 is 12.4 Å². The van der Waals surface area contributed by atoms with Gasteiger partial charge >= 0.3 is 0 Å². The Balaban J connectivity index is 2.44. The normalized spacial score (nSPS) is 37.0. The van der Waals surface area contributed by atoms with Crippen LogP contribution in [0.4, 0.5) is 0 Å². The topological polar surface area (TPSA) is 49.7 Å². The van der Waals surface area contributed by atoms with Crippen molar-refractivity contribution in [3.05, 3.63) is 12.7 Å². The molecule has 0 amide bonds. The summed E-state index contributed by atoms with van der Waals surface area (Å²) in [7, 11) is 0. The summed E-state index contributed by atoms with van der Waals surface area (Å²) in [4.78, 5) is 0. The fourth-order valence-electron chi connectivity index (χ4n) is 1.69. The third kappa shape index (κ3) is 3.10. The SMILES string of the molecule is C=CC[C@H](C)C1C[C@H](O)CC(O)O1. The summed E-state index contributed by atoms with van der Waals surface area (Å²) in [6.45, 7) is 5.69. The van der Waals surface area contributed by atoms with Gasteiger partial charge in [0, 0.05) is 12.8 Å². The summed E-state index contributed by atoms with van der Waals surface area (Å²) in [5.41, 5.74) is 0. The lowest BCUT2D eigenvalue weighted by Crippen LogP contribution is -2.38. The van der Waals surface area contributed by atoms with Crippen molar-refractivity contribution >= 4 is 0 Å². The molecule has 0 aliphatic carbocycles. The van der Waals surface area contributed by atoms with Crippen molar-refractivity contribution in [1.29, 1.82) is 0 Å². The van der Waals surface area contributed by atoms with Gasteiger partial charge in [0.25, 0.3) is 0 Å². The molecule has 0 saturated carbocycles. The minimum atomic E-state index is -0.805. The fraction of sp³-hybridized carbons (Fsp3) is 0.800. The molecule has 0 aromatic carbocycles. The lowest BCUT2D eigenvalue weighted by atomic mass is 9.93. The maximum absolute atomic E-state index is 9.40. The van der Waals surface area contributed by atoms with Crippen molar-refractivity contribution < 1.29 is 14.9 Å². The van der Waals surface area contributed by atoms with E-state index in [1.54, 1.807) is 0 Å². The molecule has 3 heteroatoms. The lowest BCUT2D eigenvalue weighted by Gasteiger charge is -2.33. The summed E-state index contributed by atoms with van der Waals surface area (Å²) >= 11 is 0. The summed E-state index contributed by atoms with van der Waals surface area (Å²) in [5.74, 6) is 0.307. The molecule has 0 radical (unpaired) electrons. The molecule has 3 nitrogen and oxygen atoms in total. The van der Waals surface area contributed by atoms with Crippen LogP contribution in [0.2, 0.25) is 0 Å². The number of hydrogen-bond acceptors (Lipinski definition) is 3. The van der Waals surface area contributed by atoms with Gasteiger partial charge in [-0.05, 0) is 12.3 Å². The predicted molar refractivity (Wildman–Crippen MR) is 50.1 cm³/mol. The maximum atomic E-state index is 9.40. The zero-order valence-corrected chi connectivity index (χ0v) is 8.02. The Bertz CT molecular complexity index is 160. The molecule has 1 fully saturated rings. The third-order valence-electron chi connectivity index (χ3n) is 2.48. The number of allylic oxidation sites excluding steroid dienone is 1. The van der Waals surface area contributed by atoms with Gasteiger partial charge in [-0.15, -0.1) is 6.58 Å². The Morgan fingerprint density at radius 1 is 1.54 bits per heavy atom. The second-order valence-electron chi connectivity index (χ2n) is 3.76. The molecule has 0 bridgehead atoms. The summed E-state index contributed by atoms with van der Waals surface area (Å²) < 4.78 is 5.32. The van der Waals surface area contributed by atoms with Crippen LogP contribution in [-0.4, -0.2) is 28.7 Å². The van der Waals surface area contributed by atoms with Crippen LogP contribution in [0.5, 0.6) is 0 Å². The molecule has 2 N–H and O–H groups in total. The number of aliphatic hydroxyl groups excluding tert-OH is 2. The van der Waals surface area contributed by atoms with Gasteiger partial charge in [-0.3, -0.25) is 0 Å². The Hall–Kier alpha value is -0.380. The van der Waals surface area contributed by atoms with Gasteiger partial charge in [0.15, 0.2) is 6.29 Å². The second-order valence-corrected chi connectivity index (χ2v) is 3.76. The second kappa shape index (κ2) is 4.74. The summed E-state index contributed by atoms with van der Waals surface area (Å²) in [6.07, 6.45) is 2.35. The molecule has 0 spiro atoms. The van der Waals surface area contributed by atoms with Crippen LogP contribution >= 0.6 is 0 Å². The fourth-order valence-corrected chi connectivity index (χ4v) is 1.69. The average molecular weight is 186 g/mol. The van der Waals surface area contributed by atoms with Crippen molar-refractivity contribution in [3.63, 3.8) is 0 Å². The molecular weight excluding hydrogens is 168 g/mol. The maximum Gasteiger partial charge on any atom is 0.157 e. The van der Waals surface area contributed by atoms with Crippen LogP contribution in [0, 0.1) is 5.92 Å². The minimum Gasteiger partial charge on any atom is -0.393 e. The van der Waals surface area contributed by atoms with Gasteiger partial charge in [0.2, 0.25) is 0 Å². The van der Waals surface area contributed by atoms with Crippen molar-refractivity contribution in [2.24, 2.45) is 5.92 Å². The molecule has 2 unspecified atom stereocenters. The van der Waals surface area contributed by atoms with Crippen LogP contribution in [0.1, 0.15) is 26.2 Å². The highest BCUT2D eigenvalue weighted by Crippen LogP contribution is 2.25. The Kier molecular flexibility index (Phi) is 3.90. The monoisotopic (exact) mass is 186 g/mol. The van der Waals surface area contributed by atoms with E-state index in [4.69, 9.17) is 4.74 Å². The van der Waals surface area contributed by atoms with E-state index in [9.17, 15) is 10.2 Å². The van der Waals surface area contributed by atoms with Crippen LogP contribution in [0.15, 0.2) is 12.7 Å². The Labute approximate surface area is 79.0 Å². The van der Waals surface area contributed by atoms with Gasteiger partial charge < -0.3 is 14.9 Å². The number of hydrogen-bond donors (Lipinski definition) is 2. The zero-order chi connectivity index (χ0) is 9.84. The van der Waals surface area contributed by atoms with Crippen LogP contribution in [0.25, 0.3) is 0 Å². The first-order chi connectivity index (χ1) is 6.13. The molecule has 13 heavy (non-hydrogen) atoms. The highest BCUT2D eigenvalue weighted by atomic mass is 16.6. The summed E-state index contributed by atoms with van der Waals surface area (Å²) in [5, 5.41) is 18.7. The van der Waals surface area contributed by atoms with Crippen molar-refractivity contribution in [2.75, 3.05) is 0 Å². The molecule has 4 atom stereocenters.